The summed E-state index contributed by atoms with van der Waals surface area (Å²) in [6, 6.07) is 0. The summed E-state index contributed by atoms with van der Waals surface area (Å²) < 4.78 is 32.1. The quantitative estimate of drug-likeness (QED) is 0.475. The molecule has 0 spiro atoms. The predicted molar refractivity (Wildman–Crippen MR) is 82.9 cm³/mol. The third kappa shape index (κ3) is 4.02. The highest BCUT2D eigenvalue weighted by Gasteiger charge is 2.61. The van der Waals surface area contributed by atoms with E-state index in [1.165, 1.54) is 40.2 Å². The van der Waals surface area contributed by atoms with Crippen LogP contribution in [0.5, 0.6) is 0 Å². The molecule has 1 heterocycles. The van der Waals surface area contributed by atoms with Crippen LogP contribution in [0.2, 0.25) is 0 Å². The summed E-state index contributed by atoms with van der Waals surface area (Å²) in [5.41, 5.74) is 0. The van der Waals surface area contributed by atoms with Crippen molar-refractivity contribution in [2.24, 2.45) is 0 Å². The maximum atomic E-state index is 12.0. The summed E-state index contributed by atoms with van der Waals surface area (Å²) >= 11 is 0. The average Bonchev–Trinajstić information content (AvgIpc) is 2.59. The molecule has 0 bridgehead atoms. The van der Waals surface area contributed by atoms with E-state index in [1.54, 1.807) is 0 Å². The van der Waals surface area contributed by atoms with Crippen molar-refractivity contribution in [1.82, 2.24) is 0 Å². The lowest BCUT2D eigenvalue weighted by Gasteiger charge is -2.51. The maximum absolute atomic E-state index is 12.0. The van der Waals surface area contributed by atoms with Crippen molar-refractivity contribution in [1.29, 1.82) is 0 Å². The molecule has 0 radical (unpaired) electrons. The van der Waals surface area contributed by atoms with Crippen molar-refractivity contribution in [3.05, 3.63) is 25.3 Å². The van der Waals surface area contributed by atoms with Crippen molar-refractivity contribution in [2.75, 3.05) is 27.4 Å². The average molecular weight is 344 g/mol. The van der Waals surface area contributed by atoms with Crippen LogP contribution in [-0.2, 0) is 38.0 Å². The van der Waals surface area contributed by atoms with Crippen LogP contribution in [0.25, 0.3) is 0 Å². The van der Waals surface area contributed by atoms with E-state index in [0.29, 0.717) is 0 Å². The number of carbonyl (C=O) groups is 2. The Morgan fingerprint density at radius 3 is 1.50 bits per heavy atom. The lowest BCUT2D eigenvalue weighted by molar-refractivity contribution is -0.445. The lowest BCUT2D eigenvalue weighted by Crippen LogP contribution is -2.68. The first-order valence-electron chi connectivity index (χ1n) is 7.29. The van der Waals surface area contributed by atoms with Crippen LogP contribution >= 0.6 is 0 Å². The van der Waals surface area contributed by atoms with Gasteiger partial charge in [-0.2, -0.15) is 0 Å². The molecule has 1 rings (SSSR count). The largest absolute Gasteiger partial charge is 0.467 e. The van der Waals surface area contributed by atoms with Crippen molar-refractivity contribution in [3.8, 4) is 0 Å². The first kappa shape index (κ1) is 20.3. The van der Waals surface area contributed by atoms with Gasteiger partial charge in [0.2, 0.25) is 11.6 Å². The van der Waals surface area contributed by atoms with Crippen LogP contribution in [0, 0.1) is 0 Å². The SMILES string of the molecule is C=CCO[C@]1(C)O[C@@H](C(=O)OC)[C@H](C(=O)OC)O[C@@]1(C)OCC=C. The Hall–Kier alpha value is -1.74. The number of methoxy groups -OCH3 is 2. The molecule has 1 aliphatic heterocycles. The zero-order valence-electron chi connectivity index (χ0n) is 14.4. The lowest BCUT2D eigenvalue weighted by atomic mass is 10.0. The third-order valence-corrected chi connectivity index (χ3v) is 3.62. The normalized spacial score (nSPS) is 32.7. The minimum atomic E-state index is -1.52. The molecule has 1 saturated heterocycles. The van der Waals surface area contributed by atoms with Gasteiger partial charge in [-0.1, -0.05) is 12.2 Å². The highest BCUT2D eigenvalue weighted by Crippen LogP contribution is 2.40. The Bertz CT molecular complexity index is 446. The second-order valence-corrected chi connectivity index (χ2v) is 5.21. The fourth-order valence-corrected chi connectivity index (χ4v) is 2.16. The minimum Gasteiger partial charge on any atom is -0.467 e. The van der Waals surface area contributed by atoms with Crippen LogP contribution in [0.3, 0.4) is 0 Å². The van der Waals surface area contributed by atoms with Crippen LogP contribution in [0.15, 0.2) is 25.3 Å². The van der Waals surface area contributed by atoms with Gasteiger partial charge in [0, 0.05) is 0 Å². The molecule has 1 aliphatic rings. The molecule has 0 N–H and O–H groups in total. The van der Waals surface area contributed by atoms with Gasteiger partial charge in [-0.05, 0) is 13.8 Å². The van der Waals surface area contributed by atoms with Gasteiger partial charge in [0.15, 0.2) is 12.2 Å². The van der Waals surface area contributed by atoms with Crippen LogP contribution in [0.4, 0.5) is 0 Å². The Kier molecular flexibility index (Phi) is 7.09. The van der Waals surface area contributed by atoms with E-state index in [4.69, 9.17) is 18.9 Å². The molecule has 0 aliphatic carbocycles. The molecule has 1 fully saturated rings. The standard InChI is InChI=1S/C16H24O8/c1-7-9-21-15(3)16(4,22-10-8-2)24-12(14(18)20-6)11(23-15)13(17)19-5/h7-8,11-12H,1-2,9-10H2,3-6H3/t11-,12-,15-,16-/m1/s1. The Morgan fingerprint density at radius 2 is 1.25 bits per heavy atom. The molecular weight excluding hydrogens is 320 g/mol. The molecule has 4 atom stereocenters. The van der Waals surface area contributed by atoms with E-state index in [2.05, 4.69) is 22.6 Å². The summed E-state index contributed by atoms with van der Waals surface area (Å²) in [7, 11) is 2.34. The molecular formula is C16H24O8. The smallest absolute Gasteiger partial charge is 0.338 e. The van der Waals surface area contributed by atoms with Gasteiger partial charge < -0.3 is 28.4 Å². The highest BCUT2D eigenvalue weighted by atomic mass is 16.8. The summed E-state index contributed by atoms with van der Waals surface area (Å²) in [6.07, 6.45) is 0.250. The van der Waals surface area contributed by atoms with Gasteiger partial charge in [0.1, 0.15) is 0 Å². The molecule has 0 saturated carbocycles. The minimum absolute atomic E-state index is 0.101. The molecule has 8 nitrogen and oxygen atoms in total. The number of hydrogen-bond donors (Lipinski definition) is 0. The van der Waals surface area contributed by atoms with Gasteiger partial charge in [-0.25, -0.2) is 9.59 Å². The Morgan fingerprint density at radius 1 is 0.917 bits per heavy atom. The van der Waals surface area contributed by atoms with Gasteiger partial charge in [0.25, 0.3) is 0 Å². The molecule has 0 aromatic rings. The van der Waals surface area contributed by atoms with Gasteiger partial charge in [-0.3, -0.25) is 0 Å². The molecule has 8 heteroatoms. The monoisotopic (exact) mass is 344 g/mol. The van der Waals surface area contributed by atoms with Gasteiger partial charge in [-0.15, -0.1) is 13.2 Å². The Labute approximate surface area is 141 Å². The number of esters is 2. The molecule has 24 heavy (non-hydrogen) atoms. The summed E-state index contributed by atoms with van der Waals surface area (Å²) in [4.78, 5) is 24.0. The van der Waals surface area contributed by atoms with E-state index < -0.39 is 35.7 Å². The van der Waals surface area contributed by atoms with Crippen LogP contribution in [0.1, 0.15) is 13.8 Å². The third-order valence-electron chi connectivity index (χ3n) is 3.62. The van der Waals surface area contributed by atoms with E-state index in [9.17, 15) is 9.59 Å². The summed E-state index contributed by atoms with van der Waals surface area (Å²) in [5.74, 6) is -4.64. The molecule has 0 aromatic carbocycles. The van der Waals surface area contributed by atoms with Gasteiger partial charge >= 0.3 is 11.9 Å². The first-order chi connectivity index (χ1) is 11.3. The predicted octanol–water partition coefficient (Wildman–Crippen LogP) is 0.954. The van der Waals surface area contributed by atoms with E-state index in [0.717, 1.165) is 0 Å². The zero-order valence-corrected chi connectivity index (χ0v) is 14.4. The summed E-state index contributed by atoms with van der Waals surface area (Å²) in [6.45, 7) is 10.4. The number of hydrogen-bond acceptors (Lipinski definition) is 8. The highest BCUT2D eigenvalue weighted by molar-refractivity contribution is 5.85. The second-order valence-electron chi connectivity index (χ2n) is 5.21. The Balaban J connectivity index is 3.25. The fourth-order valence-electron chi connectivity index (χ4n) is 2.16. The van der Waals surface area contributed by atoms with E-state index in [-0.39, 0.29) is 13.2 Å². The van der Waals surface area contributed by atoms with Crippen molar-refractivity contribution in [3.63, 3.8) is 0 Å². The topological polar surface area (TPSA) is 89.5 Å². The first-order valence-corrected chi connectivity index (χ1v) is 7.29. The second kappa shape index (κ2) is 8.39. The van der Waals surface area contributed by atoms with Crippen LogP contribution in [-0.4, -0.2) is 63.2 Å². The zero-order chi connectivity index (χ0) is 18.4. The van der Waals surface area contributed by atoms with Crippen molar-refractivity contribution in [2.45, 2.75) is 37.6 Å². The number of rotatable bonds is 8. The van der Waals surface area contributed by atoms with E-state index >= 15 is 0 Å². The maximum Gasteiger partial charge on any atom is 0.338 e. The molecule has 0 unspecified atom stereocenters. The number of ether oxygens (including phenoxy) is 6. The van der Waals surface area contributed by atoms with Crippen molar-refractivity contribution < 1.29 is 38.0 Å². The fraction of sp³-hybridized carbons (Fsp3) is 0.625. The molecule has 136 valence electrons. The van der Waals surface area contributed by atoms with Crippen LogP contribution < -0.4 is 0 Å². The van der Waals surface area contributed by atoms with E-state index in [1.807, 2.05) is 0 Å². The van der Waals surface area contributed by atoms with Gasteiger partial charge in [0.05, 0.1) is 27.4 Å². The molecule has 0 aromatic heterocycles. The van der Waals surface area contributed by atoms with Crippen molar-refractivity contribution >= 4 is 11.9 Å². The molecule has 0 amide bonds. The summed E-state index contributed by atoms with van der Waals surface area (Å²) in [5, 5.41) is 0. The number of carbonyl (C=O) groups excluding carboxylic acids is 2.